The van der Waals surface area contributed by atoms with Crippen LogP contribution in [0.4, 0.5) is 0 Å². The molecule has 1 aliphatic rings. The minimum atomic E-state index is 0.0818. The summed E-state index contributed by atoms with van der Waals surface area (Å²) in [4.78, 5) is 5.05. The van der Waals surface area contributed by atoms with Crippen molar-refractivity contribution >= 4 is 11.3 Å². The molecule has 0 aromatic carbocycles. The van der Waals surface area contributed by atoms with Crippen LogP contribution in [0, 0.1) is 11.3 Å². The van der Waals surface area contributed by atoms with Crippen molar-refractivity contribution in [3.05, 3.63) is 16.1 Å². The van der Waals surface area contributed by atoms with Crippen molar-refractivity contribution < 1.29 is 0 Å². The van der Waals surface area contributed by atoms with E-state index in [1.54, 1.807) is 0 Å². The molecule has 3 heteroatoms. The van der Waals surface area contributed by atoms with E-state index in [4.69, 9.17) is 4.98 Å². The van der Waals surface area contributed by atoms with E-state index in [-0.39, 0.29) is 11.0 Å². The monoisotopic (exact) mass is 308 g/mol. The number of thiazole rings is 1. The summed E-state index contributed by atoms with van der Waals surface area (Å²) in [6.07, 6.45) is 3.74. The Bertz CT molecular complexity index is 484. The lowest BCUT2D eigenvalue weighted by Crippen LogP contribution is -2.52. The van der Waals surface area contributed by atoms with Gasteiger partial charge in [-0.25, -0.2) is 4.98 Å². The molecule has 2 unspecified atom stereocenters. The zero-order valence-corrected chi connectivity index (χ0v) is 15.7. The predicted molar refractivity (Wildman–Crippen MR) is 93.0 cm³/mol. The highest BCUT2D eigenvalue weighted by atomic mass is 32.1. The van der Waals surface area contributed by atoms with Gasteiger partial charge in [0.15, 0.2) is 0 Å². The zero-order chi connectivity index (χ0) is 15.9. The molecular formula is C18H32N2S. The fraction of sp³-hybridized carbons (Fsp3) is 0.833. The largest absolute Gasteiger partial charge is 0.305 e. The Labute approximate surface area is 134 Å². The lowest BCUT2D eigenvalue weighted by atomic mass is 9.64. The topological polar surface area (TPSA) is 24.9 Å². The fourth-order valence-corrected chi connectivity index (χ4v) is 5.05. The summed E-state index contributed by atoms with van der Waals surface area (Å²) in [5, 5.41) is 7.38. The summed E-state index contributed by atoms with van der Waals surface area (Å²) in [7, 11) is 0. The molecule has 120 valence electrons. The fourth-order valence-electron chi connectivity index (χ4n) is 3.68. The molecule has 1 aromatic rings. The van der Waals surface area contributed by atoms with Crippen LogP contribution in [0.3, 0.4) is 0 Å². The Morgan fingerprint density at radius 3 is 2.48 bits per heavy atom. The summed E-state index contributed by atoms with van der Waals surface area (Å²) in [5.74, 6) is 0.625. The SMILES string of the molecule is CCNC1(c2nc(C(C)(C)C)cs2)CCC(C)(C)CC1C. The van der Waals surface area contributed by atoms with Gasteiger partial charge in [-0.2, -0.15) is 0 Å². The number of nitrogens with zero attached hydrogens (tertiary/aromatic N) is 1. The van der Waals surface area contributed by atoms with E-state index in [9.17, 15) is 0 Å². The van der Waals surface area contributed by atoms with Crippen LogP contribution in [0.5, 0.6) is 0 Å². The first-order valence-electron chi connectivity index (χ1n) is 8.32. The maximum atomic E-state index is 5.05. The third-order valence-corrected chi connectivity index (χ3v) is 6.06. The van der Waals surface area contributed by atoms with E-state index in [1.807, 2.05) is 11.3 Å². The van der Waals surface area contributed by atoms with Crippen LogP contribution in [0.2, 0.25) is 0 Å². The first kappa shape index (κ1) is 17.0. The van der Waals surface area contributed by atoms with Crippen molar-refractivity contribution in [2.45, 2.75) is 78.7 Å². The molecule has 0 spiro atoms. The van der Waals surface area contributed by atoms with Crippen LogP contribution >= 0.6 is 11.3 Å². The van der Waals surface area contributed by atoms with E-state index in [1.165, 1.54) is 30.0 Å². The minimum absolute atomic E-state index is 0.0818. The van der Waals surface area contributed by atoms with E-state index >= 15 is 0 Å². The quantitative estimate of drug-likeness (QED) is 0.841. The third-order valence-electron chi connectivity index (χ3n) is 5.04. The molecule has 0 bridgehead atoms. The second-order valence-electron chi connectivity index (χ2n) is 8.56. The molecule has 1 saturated carbocycles. The summed E-state index contributed by atoms with van der Waals surface area (Å²) in [5.41, 5.74) is 1.91. The Balaban J connectivity index is 2.37. The van der Waals surface area contributed by atoms with Crippen LogP contribution in [-0.2, 0) is 11.0 Å². The number of hydrogen-bond donors (Lipinski definition) is 1. The first-order chi connectivity index (χ1) is 9.61. The van der Waals surface area contributed by atoms with Crippen molar-refractivity contribution in [2.75, 3.05) is 6.54 Å². The van der Waals surface area contributed by atoms with Gasteiger partial charge in [-0.05, 0) is 37.1 Å². The molecule has 1 aromatic heterocycles. The molecule has 1 heterocycles. The molecule has 0 amide bonds. The Morgan fingerprint density at radius 2 is 2.00 bits per heavy atom. The van der Waals surface area contributed by atoms with Gasteiger partial charge in [0.25, 0.3) is 0 Å². The van der Waals surface area contributed by atoms with Gasteiger partial charge in [0.05, 0.1) is 11.2 Å². The molecule has 1 aliphatic carbocycles. The first-order valence-corrected chi connectivity index (χ1v) is 9.20. The molecular weight excluding hydrogens is 276 g/mol. The second-order valence-corrected chi connectivity index (χ2v) is 9.42. The molecule has 2 nitrogen and oxygen atoms in total. The van der Waals surface area contributed by atoms with Gasteiger partial charge in [-0.15, -0.1) is 11.3 Å². The Hall–Kier alpha value is -0.410. The van der Waals surface area contributed by atoms with Crippen LogP contribution in [0.1, 0.15) is 78.4 Å². The molecule has 0 radical (unpaired) electrons. The summed E-state index contributed by atoms with van der Waals surface area (Å²) in [6, 6.07) is 0. The van der Waals surface area contributed by atoms with Crippen LogP contribution < -0.4 is 5.32 Å². The van der Waals surface area contributed by atoms with Gasteiger partial charge in [0.2, 0.25) is 0 Å². The highest BCUT2D eigenvalue weighted by molar-refractivity contribution is 7.09. The number of nitrogens with one attached hydrogen (secondary N) is 1. The Kier molecular flexibility index (Phi) is 4.57. The average molecular weight is 309 g/mol. The van der Waals surface area contributed by atoms with Gasteiger partial charge in [-0.1, -0.05) is 48.5 Å². The number of rotatable bonds is 3. The summed E-state index contributed by atoms with van der Waals surface area (Å²) < 4.78 is 0. The minimum Gasteiger partial charge on any atom is -0.305 e. The predicted octanol–water partition coefficient (Wildman–Crippen LogP) is 5.09. The molecule has 0 aliphatic heterocycles. The normalized spacial score (nSPS) is 29.6. The van der Waals surface area contributed by atoms with Crippen molar-refractivity contribution in [3.63, 3.8) is 0 Å². The van der Waals surface area contributed by atoms with Crippen molar-refractivity contribution in [3.8, 4) is 0 Å². The number of hydrogen-bond acceptors (Lipinski definition) is 3. The van der Waals surface area contributed by atoms with E-state index < -0.39 is 0 Å². The van der Waals surface area contributed by atoms with Gasteiger partial charge in [0.1, 0.15) is 5.01 Å². The zero-order valence-electron chi connectivity index (χ0n) is 14.8. The van der Waals surface area contributed by atoms with Crippen LogP contribution in [0.25, 0.3) is 0 Å². The summed E-state index contributed by atoms with van der Waals surface area (Å²) >= 11 is 1.85. The molecule has 1 N–H and O–H groups in total. The lowest BCUT2D eigenvalue weighted by molar-refractivity contribution is 0.0726. The van der Waals surface area contributed by atoms with Gasteiger partial charge >= 0.3 is 0 Å². The molecule has 2 rings (SSSR count). The van der Waals surface area contributed by atoms with Gasteiger partial charge in [-0.3, -0.25) is 0 Å². The second kappa shape index (κ2) is 5.66. The maximum Gasteiger partial charge on any atom is 0.113 e. The standard InChI is InChI=1S/C18H32N2S/c1-8-19-18(10-9-17(6,7)11-13(18)2)15-20-14(12-21-15)16(3,4)5/h12-13,19H,8-11H2,1-7H3. The summed E-state index contributed by atoms with van der Waals surface area (Å²) in [6.45, 7) is 17.2. The van der Waals surface area contributed by atoms with Crippen molar-refractivity contribution in [1.82, 2.24) is 10.3 Å². The number of aromatic nitrogens is 1. The van der Waals surface area contributed by atoms with E-state index in [0.29, 0.717) is 11.3 Å². The smallest absolute Gasteiger partial charge is 0.113 e. The molecule has 21 heavy (non-hydrogen) atoms. The van der Waals surface area contributed by atoms with Gasteiger partial charge < -0.3 is 5.32 Å². The maximum absolute atomic E-state index is 5.05. The molecule has 2 atom stereocenters. The van der Waals surface area contributed by atoms with E-state index in [2.05, 4.69) is 59.2 Å². The highest BCUT2D eigenvalue weighted by Crippen LogP contribution is 2.49. The third kappa shape index (κ3) is 3.34. The molecule has 1 fully saturated rings. The highest BCUT2D eigenvalue weighted by Gasteiger charge is 2.46. The average Bonchev–Trinajstić information content (AvgIpc) is 2.82. The lowest BCUT2D eigenvalue weighted by Gasteiger charge is -2.48. The Morgan fingerprint density at radius 1 is 1.33 bits per heavy atom. The van der Waals surface area contributed by atoms with Crippen molar-refractivity contribution in [2.24, 2.45) is 11.3 Å². The van der Waals surface area contributed by atoms with Crippen LogP contribution in [0.15, 0.2) is 5.38 Å². The van der Waals surface area contributed by atoms with E-state index in [0.717, 1.165) is 6.54 Å². The van der Waals surface area contributed by atoms with Gasteiger partial charge in [0, 0.05) is 10.8 Å². The molecule has 0 saturated heterocycles. The van der Waals surface area contributed by atoms with Crippen LogP contribution in [-0.4, -0.2) is 11.5 Å². The van der Waals surface area contributed by atoms with Crippen molar-refractivity contribution in [1.29, 1.82) is 0 Å².